The molecule has 36 heavy (non-hydrogen) atoms. The number of hydrogen-bond acceptors (Lipinski definition) is 8. The lowest BCUT2D eigenvalue weighted by Gasteiger charge is -2.15. The Labute approximate surface area is 238 Å². The first-order valence-electron chi connectivity index (χ1n) is 9.98. The second-order valence-corrected chi connectivity index (χ2v) is 11.8. The van der Waals surface area contributed by atoms with Crippen molar-refractivity contribution in [3.8, 4) is 0 Å². The normalized spacial score (nSPS) is 11.7. The van der Waals surface area contributed by atoms with E-state index in [0.717, 1.165) is 17.3 Å². The Bertz CT molecular complexity index is 1340. The van der Waals surface area contributed by atoms with Crippen LogP contribution in [0.2, 0.25) is 20.1 Å². The van der Waals surface area contributed by atoms with E-state index in [1.807, 2.05) is 6.92 Å². The van der Waals surface area contributed by atoms with Crippen LogP contribution < -0.4 is 10.6 Å². The Kier molecular flexibility index (Phi) is 10.2. The molecule has 1 unspecified atom stereocenters. The number of carboxylic acids is 1. The van der Waals surface area contributed by atoms with Crippen LogP contribution in [0.1, 0.15) is 34.6 Å². The van der Waals surface area contributed by atoms with Crippen molar-refractivity contribution in [2.24, 2.45) is 0 Å². The summed E-state index contributed by atoms with van der Waals surface area (Å²) in [4.78, 5) is 42.2. The van der Waals surface area contributed by atoms with Crippen molar-refractivity contribution in [2.75, 3.05) is 16.4 Å². The van der Waals surface area contributed by atoms with E-state index in [2.05, 4.69) is 20.0 Å². The highest BCUT2D eigenvalue weighted by atomic mass is 35.5. The number of rotatable bonds is 9. The van der Waals surface area contributed by atoms with Gasteiger partial charge in [0.1, 0.15) is 0 Å². The molecule has 0 aliphatic heterocycles. The van der Waals surface area contributed by atoms with Crippen LogP contribution in [0, 0.1) is 0 Å². The van der Waals surface area contributed by atoms with Crippen LogP contribution in [-0.2, 0) is 4.79 Å². The highest BCUT2D eigenvalue weighted by molar-refractivity contribution is 8.00. The van der Waals surface area contributed by atoms with Crippen molar-refractivity contribution in [1.29, 1.82) is 0 Å². The third-order valence-corrected chi connectivity index (χ3v) is 8.76. The first-order chi connectivity index (χ1) is 17.0. The monoisotopic (exact) mass is 624 g/mol. The average Bonchev–Trinajstić information content (AvgIpc) is 3.26. The van der Waals surface area contributed by atoms with E-state index in [0.29, 0.717) is 20.9 Å². The zero-order valence-corrected chi connectivity index (χ0v) is 23.9. The van der Waals surface area contributed by atoms with E-state index in [9.17, 15) is 19.5 Å². The highest BCUT2D eigenvalue weighted by Crippen LogP contribution is 2.42. The molecule has 0 spiro atoms. The zero-order valence-electron chi connectivity index (χ0n) is 18.4. The first kappa shape index (κ1) is 28.8. The average molecular weight is 626 g/mol. The maximum absolute atomic E-state index is 13.0. The molecule has 0 saturated heterocycles. The Morgan fingerprint density at radius 1 is 1.06 bits per heavy atom. The van der Waals surface area contributed by atoms with E-state index in [4.69, 9.17) is 46.4 Å². The number of aromatic carboxylic acids is 1. The maximum atomic E-state index is 13.0. The molecule has 2 aromatic carbocycles. The van der Waals surface area contributed by atoms with Crippen molar-refractivity contribution in [3.63, 3.8) is 0 Å². The van der Waals surface area contributed by atoms with Crippen LogP contribution in [-0.4, -0.2) is 43.3 Å². The number of benzene rings is 2. The van der Waals surface area contributed by atoms with Crippen LogP contribution in [0.3, 0.4) is 0 Å². The summed E-state index contributed by atoms with van der Waals surface area (Å²) in [5.74, 6) is -1.78. The summed E-state index contributed by atoms with van der Waals surface area (Å²) < 4.78 is 4.17. The molecule has 3 rings (SSSR count). The van der Waals surface area contributed by atoms with E-state index in [1.54, 1.807) is 31.2 Å². The number of hydrogen-bond donors (Lipinski definition) is 3. The van der Waals surface area contributed by atoms with Gasteiger partial charge in [0, 0.05) is 22.1 Å². The predicted molar refractivity (Wildman–Crippen MR) is 148 cm³/mol. The Morgan fingerprint density at radius 2 is 1.72 bits per heavy atom. The number of nitrogens with zero attached hydrogens (tertiary/aromatic N) is 2. The van der Waals surface area contributed by atoms with Crippen LogP contribution in [0.4, 0.5) is 10.8 Å². The summed E-state index contributed by atoms with van der Waals surface area (Å²) in [7, 11) is 0. The van der Waals surface area contributed by atoms with Gasteiger partial charge in [0.2, 0.25) is 16.2 Å². The third kappa shape index (κ3) is 6.77. The molecule has 1 aromatic heterocycles. The molecule has 0 aliphatic rings. The molecule has 8 nitrogen and oxygen atoms in total. The molecule has 1 heterocycles. The lowest BCUT2D eigenvalue weighted by molar-refractivity contribution is -0.115. The second kappa shape index (κ2) is 12.7. The molecule has 3 aromatic rings. The summed E-state index contributed by atoms with van der Waals surface area (Å²) in [5, 5.41) is 14.2. The topological polar surface area (TPSA) is 121 Å². The number of halogens is 4. The number of carbonyl (C=O) groups is 3. The van der Waals surface area contributed by atoms with Crippen LogP contribution in [0.5, 0.6) is 0 Å². The molecule has 0 aliphatic carbocycles. The Balaban J connectivity index is 1.75. The quantitative estimate of drug-likeness (QED) is 0.128. The summed E-state index contributed by atoms with van der Waals surface area (Å²) in [5.41, 5.74) is -0.661. The minimum absolute atomic E-state index is 0.238. The van der Waals surface area contributed by atoms with Gasteiger partial charge in [-0.25, -0.2) is 4.79 Å². The van der Waals surface area contributed by atoms with Gasteiger partial charge in [-0.05, 0) is 30.9 Å². The van der Waals surface area contributed by atoms with Gasteiger partial charge in [0.25, 0.3) is 5.91 Å². The number of anilines is 2. The van der Waals surface area contributed by atoms with E-state index >= 15 is 0 Å². The molecule has 1 atom stereocenters. The molecular weight excluding hydrogens is 610 g/mol. The standard InChI is InChI=1S/C21H16Cl4N4O4S3/c1-3-34-21-28-20(36-29-21)27-17(30)8(2)35-10-6-4-5-9(7-10)26-18(31)11-12(19(32)33)14(23)16(25)15(24)13(11)22/h4-8H,3H2,1-2H3,(H,26,31)(H,32,33)(H,27,28,29,30). The van der Waals surface area contributed by atoms with Gasteiger partial charge >= 0.3 is 5.97 Å². The van der Waals surface area contributed by atoms with Gasteiger partial charge in [-0.15, -0.1) is 11.8 Å². The summed E-state index contributed by atoms with van der Waals surface area (Å²) in [6, 6.07) is 6.65. The summed E-state index contributed by atoms with van der Waals surface area (Å²) in [6.45, 7) is 3.71. The molecule has 0 bridgehead atoms. The molecule has 2 amide bonds. The van der Waals surface area contributed by atoms with Crippen LogP contribution >= 0.6 is 81.5 Å². The molecule has 15 heteroatoms. The minimum Gasteiger partial charge on any atom is -0.478 e. The van der Waals surface area contributed by atoms with E-state index in [-0.39, 0.29) is 21.0 Å². The fourth-order valence-electron chi connectivity index (χ4n) is 2.80. The number of amides is 2. The van der Waals surface area contributed by atoms with Gasteiger partial charge < -0.3 is 10.4 Å². The van der Waals surface area contributed by atoms with Crippen molar-refractivity contribution < 1.29 is 19.5 Å². The summed E-state index contributed by atoms with van der Waals surface area (Å²) >= 11 is 28.0. The number of nitrogens with one attached hydrogen (secondary N) is 2. The highest BCUT2D eigenvalue weighted by Gasteiger charge is 2.29. The molecular formula is C21H16Cl4N4O4S3. The van der Waals surface area contributed by atoms with Crippen molar-refractivity contribution in [3.05, 3.63) is 55.5 Å². The predicted octanol–water partition coefficient (Wildman–Crippen LogP) is 7.33. The van der Waals surface area contributed by atoms with Gasteiger partial charge in [0.05, 0.1) is 36.5 Å². The molecule has 0 radical (unpaired) electrons. The van der Waals surface area contributed by atoms with Crippen molar-refractivity contribution in [2.45, 2.75) is 29.1 Å². The van der Waals surface area contributed by atoms with Gasteiger partial charge in [-0.2, -0.15) is 9.36 Å². The zero-order chi connectivity index (χ0) is 26.6. The molecule has 190 valence electrons. The number of carbonyl (C=O) groups excluding carboxylic acids is 2. The van der Waals surface area contributed by atoms with Gasteiger partial charge in [-0.3, -0.25) is 14.9 Å². The molecule has 0 fully saturated rings. The minimum atomic E-state index is -1.49. The van der Waals surface area contributed by atoms with Gasteiger partial charge in [-0.1, -0.05) is 71.2 Å². The van der Waals surface area contributed by atoms with Crippen molar-refractivity contribution >= 4 is 110 Å². The fourth-order valence-corrected chi connectivity index (χ4v) is 6.02. The maximum Gasteiger partial charge on any atom is 0.338 e. The number of carboxylic acid groups (broad SMARTS) is 1. The van der Waals surface area contributed by atoms with E-state index in [1.165, 1.54) is 23.5 Å². The van der Waals surface area contributed by atoms with Crippen LogP contribution in [0.25, 0.3) is 0 Å². The lowest BCUT2D eigenvalue weighted by atomic mass is 10.1. The lowest BCUT2D eigenvalue weighted by Crippen LogP contribution is -2.22. The number of aromatic nitrogens is 2. The first-order valence-corrected chi connectivity index (χ1v) is 14.1. The largest absolute Gasteiger partial charge is 0.478 e. The smallest absolute Gasteiger partial charge is 0.338 e. The SMILES string of the molecule is CCSc1nsc(NC(=O)C(C)Sc2cccc(NC(=O)c3c(Cl)c(Cl)c(Cl)c(Cl)c3C(=O)O)c2)n1. The van der Waals surface area contributed by atoms with Crippen molar-refractivity contribution in [1.82, 2.24) is 9.36 Å². The molecule has 0 saturated carbocycles. The van der Waals surface area contributed by atoms with E-state index < -0.39 is 33.3 Å². The number of thioether (sulfide) groups is 2. The second-order valence-electron chi connectivity index (χ2n) is 6.86. The van der Waals surface area contributed by atoms with Gasteiger partial charge in [0.15, 0.2) is 0 Å². The Hall–Kier alpha value is -1.73. The van der Waals surface area contributed by atoms with Crippen LogP contribution in [0.15, 0.2) is 34.3 Å². The third-order valence-electron chi connectivity index (χ3n) is 4.39. The Morgan fingerprint density at radius 3 is 2.36 bits per heavy atom. The summed E-state index contributed by atoms with van der Waals surface area (Å²) in [6.07, 6.45) is 0. The fraction of sp³-hybridized carbons (Fsp3) is 0.190. The molecule has 3 N–H and O–H groups in total.